The first-order valence-corrected chi connectivity index (χ1v) is 9.01. The van der Waals surface area contributed by atoms with Crippen molar-refractivity contribution in [1.82, 2.24) is 4.90 Å². The van der Waals surface area contributed by atoms with Gasteiger partial charge in [-0.2, -0.15) is 0 Å². The number of anilines is 1. The van der Waals surface area contributed by atoms with Gasteiger partial charge in [0.15, 0.2) is 0 Å². The number of rotatable bonds is 5. The van der Waals surface area contributed by atoms with Crippen molar-refractivity contribution in [2.75, 3.05) is 25.5 Å². The summed E-state index contributed by atoms with van der Waals surface area (Å²) in [4.78, 5) is 15.3. The van der Waals surface area contributed by atoms with Gasteiger partial charge in [0.05, 0.1) is 18.9 Å². The molecular weight excluding hydrogens is 328 g/mol. The van der Waals surface area contributed by atoms with Crippen LogP contribution < -0.4 is 10.1 Å². The molecule has 138 valence electrons. The van der Waals surface area contributed by atoms with Gasteiger partial charge in [-0.15, -0.1) is 0 Å². The fourth-order valence-corrected chi connectivity index (χ4v) is 3.43. The average Bonchev–Trinajstić information content (AvgIpc) is 2.65. The minimum atomic E-state index is -0.395. The fraction of sp³-hybridized carbons (Fsp3) is 0.381. The number of aliphatic hydroxyl groups excluding tert-OH is 1. The number of hydrogen-bond acceptors (Lipinski definition) is 4. The van der Waals surface area contributed by atoms with Gasteiger partial charge in [0, 0.05) is 13.1 Å². The zero-order valence-corrected chi connectivity index (χ0v) is 15.3. The van der Waals surface area contributed by atoms with Crippen molar-refractivity contribution >= 4 is 11.6 Å². The van der Waals surface area contributed by atoms with Crippen molar-refractivity contribution in [2.24, 2.45) is 0 Å². The number of likely N-dealkylation sites (tertiary alicyclic amines) is 1. The molecule has 5 heteroatoms. The third-order valence-electron chi connectivity index (χ3n) is 4.84. The van der Waals surface area contributed by atoms with Crippen molar-refractivity contribution in [3.05, 3.63) is 59.7 Å². The van der Waals surface area contributed by atoms with Crippen LogP contribution in [0.4, 0.5) is 5.69 Å². The minimum absolute atomic E-state index is 0.0866. The van der Waals surface area contributed by atoms with E-state index in [0.29, 0.717) is 37.4 Å². The molecule has 0 bridgehead atoms. The maximum atomic E-state index is 13.2. The fourth-order valence-electron chi connectivity index (χ4n) is 3.43. The summed E-state index contributed by atoms with van der Waals surface area (Å²) in [6.07, 6.45) is 1.09. The molecule has 0 aromatic heterocycles. The van der Waals surface area contributed by atoms with Crippen LogP contribution in [0.15, 0.2) is 48.5 Å². The van der Waals surface area contributed by atoms with E-state index in [1.54, 1.807) is 7.11 Å². The molecule has 1 heterocycles. The van der Waals surface area contributed by atoms with Crippen LogP contribution in [0.2, 0.25) is 0 Å². The molecule has 0 aliphatic carbocycles. The molecule has 0 spiro atoms. The lowest BCUT2D eigenvalue weighted by atomic mass is 9.99. The predicted octanol–water partition coefficient (Wildman–Crippen LogP) is 3.14. The average molecular weight is 354 g/mol. The first kappa shape index (κ1) is 18.4. The number of carbonyl (C=O) groups excluding carboxylic acids is 1. The number of methoxy groups -OCH3 is 1. The highest BCUT2D eigenvalue weighted by Crippen LogP contribution is 2.30. The van der Waals surface area contributed by atoms with Crippen LogP contribution in [0.3, 0.4) is 0 Å². The van der Waals surface area contributed by atoms with Crippen LogP contribution in [-0.4, -0.2) is 42.2 Å². The summed E-state index contributed by atoms with van der Waals surface area (Å²) in [5.74, 6) is 0.557. The number of benzene rings is 2. The lowest BCUT2D eigenvalue weighted by Gasteiger charge is -2.35. The number of amides is 1. The summed E-state index contributed by atoms with van der Waals surface area (Å²) < 4.78 is 5.38. The van der Waals surface area contributed by atoms with Crippen molar-refractivity contribution < 1.29 is 14.6 Å². The zero-order valence-electron chi connectivity index (χ0n) is 15.3. The van der Waals surface area contributed by atoms with Gasteiger partial charge < -0.3 is 15.2 Å². The van der Waals surface area contributed by atoms with E-state index in [1.807, 2.05) is 55.5 Å². The Kier molecular flexibility index (Phi) is 5.91. The molecule has 1 aliphatic heterocycles. The van der Waals surface area contributed by atoms with Crippen LogP contribution in [0.1, 0.15) is 30.0 Å². The number of aryl methyl sites for hydroxylation is 1. The van der Waals surface area contributed by atoms with Crippen molar-refractivity contribution in [3.8, 4) is 5.75 Å². The topological polar surface area (TPSA) is 61.8 Å². The highest BCUT2D eigenvalue weighted by atomic mass is 16.5. The summed E-state index contributed by atoms with van der Waals surface area (Å²) >= 11 is 0. The van der Waals surface area contributed by atoms with Gasteiger partial charge in [0.1, 0.15) is 11.8 Å². The largest absolute Gasteiger partial charge is 0.495 e. The van der Waals surface area contributed by atoms with Crippen LogP contribution in [-0.2, 0) is 4.79 Å². The molecule has 2 aromatic rings. The Morgan fingerprint density at radius 2 is 1.88 bits per heavy atom. The minimum Gasteiger partial charge on any atom is -0.495 e. The number of nitrogens with zero attached hydrogens (tertiary/aromatic N) is 1. The Hall–Kier alpha value is -2.37. The molecular formula is C21H26N2O3. The van der Waals surface area contributed by atoms with E-state index in [4.69, 9.17) is 4.74 Å². The zero-order chi connectivity index (χ0) is 18.5. The standard InChI is InChI=1S/C21H26N2O3/c1-15-8-9-19(26-2)18(14-15)22-21(25)20(16-6-4-3-5-7-16)23-12-10-17(24)11-13-23/h3-9,14,17,20,24H,10-13H2,1-2H3,(H,22,25). The predicted molar refractivity (Wildman–Crippen MR) is 102 cm³/mol. The normalized spacial score (nSPS) is 16.9. The van der Waals surface area contributed by atoms with Crippen LogP contribution in [0.5, 0.6) is 5.75 Å². The van der Waals surface area contributed by atoms with Crippen molar-refractivity contribution in [3.63, 3.8) is 0 Å². The first-order valence-electron chi connectivity index (χ1n) is 9.01. The molecule has 1 saturated heterocycles. The second-order valence-corrected chi connectivity index (χ2v) is 6.77. The van der Waals surface area contributed by atoms with Crippen LogP contribution in [0, 0.1) is 6.92 Å². The summed E-state index contributed by atoms with van der Waals surface area (Å²) in [5, 5.41) is 12.8. The van der Waals surface area contributed by atoms with Gasteiger partial charge in [0.2, 0.25) is 5.91 Å². The third kappa shape index (κ3) is 4.23. The van der Waals surface area contributed by atoms with Gasteiger partial charge >= 0.3 is 0 Å². The SMILES string of the molecule is COc1ccc(C)cc1NC(=O)C(c1ccccc1)N1CCC(O)CC1. The molecule has 1 atom stereocenters. The lowest BCUT2D eigenvalue weighted by Crippen LogP contribution is -2.43. The third-order valence-corrected chi connectivity index (χ3v) is 4.84. The second kappa shape index (κ2) is 8.34. The molecule has 0 radical (unpaired) electrons. The van der Waals surface area contributed by atoms with Crippen LogP contribution in [0.25, 0.3) is 0 Å². The number of piperidine rings is 1. The first-order chi connectivity index (χ1) is 12.6. The molecule has 1 aliphatic rings. The summed E-state index contributed by atoms with van der Waals surface area (Å²) in [7, 11) is 1.60. The van der Waals surface area contributed by atoms with E-state index in [9.17, 15) is 9.90 Å². The Morgan fingerprint density at radius 3 is 2.54 bits per heavy atom. The Morgan fingerprint density at radius 1 is 1.19 bits per heavy atom. The molecule has 3 rings (SSSR count). The lowest BCUT2D eigenvalue weighted by molar-refractivity contribution is -0.122. The van der Waals surface area contributed by atoms with Crippen molar-refractivity contribution in [2.45, 2.75) is 31.9 Å². The van der Waals surface area contributed by atoms with Gasteiger partial charge in [-0.25, -0.2) is 0 Å². The summed E-state index contributed by atoms with van der Waals surface area (Å²) in [6, 6.07) is 15.1. The monoisotopic (exact) mass is 354 g/mol. The van der Waals surface area contributed by atoms with E-state index in [-0.39, 0.29) is 12.0 Å². The van der Waals surface area contributed by atoms with Gasteiger partial charge in [-0.05, 0) is 43.0 Å². The number of carbonyl (C=O) groups is 1. The quantitative estimate of drug-likeness (QED) is 0.866. The van der Waals surface area contributed by atoms with Gasteiger partial charge in [-0.3, -0.25) is 9.69 Å². The molecule has 26 heavy (non-hydrogen) atoms. The maximum absolute atomic E-state index is 13.2. The van der Waals surface area contributed by atoms with Crippen molar-refractivity contribution in [1.29, 1.82) is 0 Å². The number of aliphatic hydroxyl groups is 1. The number of nitrogens with one attached hydrogen (secondary N) is 1. The Balaban J connectivity index is 1.87. The number of ether oxygens (including phenoxy) is 1. The van der Waals surface area contributed by atoms with E-state index in [0.717, 1.165) is 11.1 Å². The van der Waals surface area contributed by atoms with Crippen LogP contribution >= 0.6 is 0 Å². The molecule has 2 N–H and O–H groups in total. The second-order valence-electron chi connectivity index (χ2n) is 6.77. The number of hydrogen-bond donors (Lipinski definition) is 2. The Labute approximate surface area is 154 Å². The summed E-state index contributed by atoms with van der Waals surface area (Å²) in [5.41, 5.74) is 2.68. The Bertz CT molecular complexity index is 740. The molecule has 5 nitrogen and oxygen atoms in total. The van der Waals surface area contributed by atoms with E-state index >= 15 is 0 Å². The van der Waals surface area contributed by atoms with Gasteiger partial charge in [-0.1, -0.05) is 36.4 Å². The molecule has 2 aromatic carbocycles. The van der Waals surface area contributed by atoms with E-state index in [2.05, 4.69) is 10.2 Å². The van der Waals surface area contributed by atoms with E-state index < -0.39 is 6.04 Å². The molecule has 0 saturated carbocycles. The van der Waals surface area contributed by atoms with Gasteiger partial charge in [0.25, 0.3) is 0 Å². The van der Waals surface area contributed by atoms with E-state index in [1.165, 1.54) is 0 Å². The molecule has 1 fully saturated rings. The molecule has 1 unspecified atom stereocenters. The highest BCUT2D eigenvalue weighted by molar-refractivity contribution is 5.96. The summed E-state index contributed by atoms with van der Waals surface area (Å²) in [6.45, 7) is 3.37. The highest BCUT2D eigenvalue weighted by Gasteiger charge is 2.31. The maximum Gasteiger partial charge on any atom is 0.246 e. The smallest absolute Gasteiger partial charge is 0.246 e. The molecule has 1 amide bonds.